The topological polar surface area (TPSA) is 49.3 Å². The van der Waals surface area contributed by atoms with E-state index in [2.05, 4.69) is 12.6 Å². The number of hydrogen-bond acceptors (Lipinski definition) is 3. The molecule has 0 radical (unpaired) electrons. The Kier molecular flexibility index (Phi) is 7.60. The lowest BCUT2D eigenvalue weighted by Gasteiger charge is -1.94. The van der Waals surface area contributed by atoms with Gasteiger partial charge in [0.05, 0.1) is 5.75 Å². The van der Waals surface area contributed by atoms with Gasteiger partial charge in [-0.15, -0.1) is 0 Å². The van der Waals surface area contributed by atoms with Crippen LogP contribution >= 0.6 is 35.8 Å². The molecular weight excluding hydrogens is 257 g/mol. The Morgan fingerprint density at radius 1 is 1.53 bits per heavy atom. The first-order valence-electron chi connectivity index (χ1n) is 3.96. The molecule has 0 saturated carbocycles. The molecule has 0 heterocycles. The number of rotatable bonds is 1. The number of benzene rings is 1. The number of hydroxylamine groups is 1. The molecular formula is C9H11Cl2NO2S. The summed E-state index contributed by atoms with van der Waals surface area (Å²) in [5.74, 6) is -0.463. The highest BCUT2D eigenvalue weighted by Gasteiger charge is 1.92. The SMILES string of the molecule is Cc1ccc(Cl)cc1Cl.O=C(CS)NO. The van der Waals surface area contributed by atoms with Crippen LogP contribution in [0.1, 0.15) is 5.56 Å². The van der Waals surface area contributed by atoms with Crippen LogP contribution in [0.2, 0.25) is 10.0 Å². The third-order valence-corrected chi connectivity index (χ3v) is 2.33. The van der Waals surface area contributed by atoms with E-state index in [9.17, 15) is 4.79 Å². The van der Waals surface area contributed by atoms with E-state index < -0.39 is 5.91 Å². The molecule has 0 aliphatic carbocycles. The van der Waals surface area contributed by atoms with Gasteiger partial charge in [0.2, 0.25) is 0 Å². The highest BCUT2D eigenvalue weighted by molar-refractivity contribution is 7.81. The van der Waals surface area contributed by atoms with Crippen molar-refractivity contribution in [3.05, 3.63) is 33.8 Å². The van der Waals surface area contributed by atoms with Crippen LogP contribution in [0, 0.1) is 6.92 Å². The van der Waals surface area contributed by atoms with Crippen LogP contribution in [0.4, 0.5) is 0 Å². The number of hydrogen-bond donors (Lipinski definition) is 3. The summed E-state index contributed by atoms with van der Waals surface area (Å²) in [6, 6.07) is 5.45. The Labute approximate surface area is 104 Å². The van der Waals surface area contributed by atoms with Gasteiger partial charge in [0.1, 0.15) is 0 Å². The van der Waals surface area contributed by atoms with Crippen molar-refractivity contribution in [1.29, 1.82) is 0 Å². The third-order valence-electron chi connectivity index (χ3n) is 1.40. The van der Waals surface area contributed by atoms with E-state index in [0.717, 1.165) is 10.6 Å². The zero-order chi connectivity index (χ0) is 11.8. The fraction of sp³-hybridized carbons (Fsp3) is 0.222. The molecule has 0 aliphatic heterocycles. The van der Waals surface area contributed by atoms with Gasteiger partial charge in [-0.25, -0.2) is 5.48 Å². The summed E-state index contributed by atoms with van der Waals surface area (Å²) in [7, 11) is 0. The molecule has 1 rings (SSSR count). The van der Waals surface area contributed by atoms with E-state index in [0.29, 0.717) is 5.02 Å². The maximum Gasteiger partial charge on any atom is 0.253 e. The average Bonchev–Trinajstić information content (AvgIpc) is 2.23. The van der Waals surface area contributed by atoms with Gasteiger partial charge in [-0.2, -0.15) is 12.6 Å². The van der Waals surface area contributed by atoms with E-state index in [1.807, 2.05) is 19.1 Å². The van der Waals surface area contributed by atoms with Crippen molar-refractivity contribution in [3.8, 4) is 0 Å². The molecule has 1 aromatic rings. The third kappa shape index (κ3) is 6.62. The fourth-order valence-electron chi connectivity index (χ4n) is 0.603. The Hall–Kier alpha value is -0.420. The lowest BCUT2D eigenvalue weighted by Crippen LogP contribution is -2.19. The molecule has 0 unspecified atom stereocenters. The summed E-state index contributed by atoms with van der Waals surface area (Å²) in [6.07, 6.45) is 0. The first kappa shape index (κ1) is 14.6. The van der Waals surface area contributed by atoms with Gasteiger partial charge in [-0.1, -0.05) is 29.3 Å². The highest BCUT2D eigenvalue weighted by Crippen LogP contribution is 2.19. The number of halogens is 2. The summed E-state index contributed by atoms with van der Waals surface area (Å²) in [6.45, 7) is 1.94. The van der Waals surface area contributed by atoms with Crippen molar-refractivity contribution in [2.24, 2.45) is 0 Å². The Bertz CT molecular complexity index is 328. The Morgan fingerprint density at radius 3 is 2.40 bits per heavy atom. The minimum absolute atomic E-state index is 0.0243. The Morgan fingerprint density at radius 2 is 2.13 bits per heavy atom. The Balaban J connectivity index is 0.000000288. The molecule has 6 heteroatoms. The number of thiol groups is 1. The molecule has 0 atom stereocenters. The van der Waals surface area contributed by atoms with Gasteiger partial charge in [-0.3, -0.25) is 10.0 Å². The predicted molar refractivity (Wildman–Crippen MR) is 65.0 cm³/mol. The van der Waals surface area contributed by atoms with Crippen molar-refractivity contribution in [3.63, 3.8) is 0 Å². The highest BCUT2D eigenvalue weighted by atomic mass is 35.5. The van der Waals surface area contributed by atoms with Crippen molar-refractivity contribution in [2.45, 2.75) is 6.92 Å². The minimum Gasteiger partial charge on any atom is -0.289 e. The smallest absolute Gasteiger partial charge is 0.253 e. The first-order valence-corrected chi connectivity index (χ1v) is 5.35. The van der Waals surface area contributed by atoms with Crippen LogP contribution in [-0.4, -0.2) is 16.9 Å². The molecule has 3 nitrogen and oxygen atoms in total. The van der Waals surface area contributed by atoms with Gasteiger partial charge < -0.3 is 0 Å². The van der Waals surface area contributed by atoms with E-state index in [4.69, 9.17) is 28.4 Å². The van der Waals surface area contributed by atoms with Crippen LogP contribution in [0.5, 0.6) is 0 Å². The van der Waals surface area contributed by atoms with Crippen LogP contribution < -0.4 is 5.48 Å². The van der Waals surface area contributed by atoms with Crippen LogP contribution in [-0.2, 0) is 4.79 Å². The zero-order valence-electron chi connectivity index (χ0n) is 8.00. The maximum absolute atomic E-state index is 9.74. The zero-order valence-corrected chi connectivity index (χ0v) is 10.4. The van der Waals surface area contributed by atoms with Crippen molar-refractivity contribution >= 4 is 41.7 Å². The molecule has 1 amide bonds. The fourth-order valence-corrected chi connectivity index (χ4v) is 1.08. The van der Waals surface area contributed by atoms with E-state index in [1.54, 1.807) is 6.07 Å². The first-order chi connectivity index (χ1) is 7.01. The summed E-state index contributed by atoms with van der Waals surface area (Å²) in [4.78, 5) is 9.74. The van der Waals surface area contributed by atoms with Crippen LogP contribution in [0.15, 0.2) is 18.2 Å². The van der Waals surface area contributed by atoms with Crippen molar-refractivity contribution in [2.75, 3.05) is 5.75 Å². The van der Waals surface area contributed by atoms with Crippen LogP contribution in [0.25, 0.3) is 0 Å². The molecule has 0 spiro atoms. The maximum atomic E-state index is 9.74. The second kappa shape index (κ2) is 7.82. The molecule has 0 saturated heterocycles. The van der Waals surface area contributed by atoms with Gasteiger partial charge in [-0.05, 0) is 24.6 Å². The van der Waals surface area contributed by atoms with E-state index >= 15 is 0 Å². The van der Waals surface area contributed by atoms with Gasteiger partial charge in [0.15, 0.2) is 0 Å². The molecule has 0 bridgehead atoms. The normalized spacial score (nSPS) is 8.87. The number of carbonyl (C=O) groups is 1. The average molecular weight is 268 g/mol. The minimum atomic E-state index is -0.488. The monoisotopic (exact) mass is 267 g/mol. The number of amides is 1. The number of nitrogens with one attached hydrogen (secondary N) is 1. The summed E-state index contributed by atoms with van der Waals surface area (Å²) >= 11 is 14.9. The second-order valence-corrected chi connectivity index (χ2v) is 3.75. The van der Waals surface area contributed by atoms with Crippen molar-refractivity contribution in [1.82, 2.24) is 5.48 Å². The summed E-state index contributed by atoms with van der Waals surface area (Å²) < 4.78 is 0. The quantitative estimate of drug-likeness (QED) is 0.416. The van der Waals surface area contributed by atoms with Gasteiger partial charge in [0.25, 0.3) is 5.91 Å². The molecule has 0 fully saturated rings. The van der Waals surface area contributed by atoms with Gasteiger partial charge >= 0.3 is 0 Å². The molecule has 84 valence electrons. The standard InChI is InChI=1S/C7H6Cl2.C2H5NO2S/c1-5-2-3-6(8)4-7(5)9;4-2(1-6)3-5/h2-4H,1H3;5-6H,1H2,(H,3,4). The lowest BCUT2D eigenvalue weighted by molar-refractivity contribution is -0.126. The summed E-state index contributed by atoms with van der Waals surface area (Å²) in [5, 5.41) is 9.10. The van der Waals surface area contributed by atoms with Crippen LogP contribution in [0.3, 0.4) is 0 Å². The molecule has 0 aromatic heterocycles. The van der Waals surface area contributed by atoms with Gasteiger partial charge in [0, 0.05) is 10.0 Å². The molecule has 0 aliphatic rings. The number of aryl methyl sites for hydroxylation is 1. The molecule has 15 heavy (non-hydrogen) atoms. The lowest BCUT2D eigenvalue weighted by atomic mass is 10.2. The predicted octanol–water partition coefficient (Wildman–Crippen LogP) is 2.72. The van der Waals surface area contributed by atoms with Crippen molar-refractivity contribution < 1.29 is 10.0 Å². The molecule has 1 aromatic carbocycles. The summed E-state index contributed by atoms with van der Waals surface area (Å²) in [5.41, 5.74) is 2.46. The second-order valence-electron chi connectivity index (χ2n) is 2.59. The number of carbonyl (C=O) groups excluding carboxylic acids is 1. The van der Waals surface area contributed by atoms with E-state index in [-0.39, 0.29) is 5.75 Å². The largest absolute Gasteiger partial charge is 0.289 e. The molecule has 2 N–H and O–H groups in total. The van der Waals surface area contributed by atoms with E-state index in [1.165, 1.54) is 5.48 Å².